The Bertz CT molecular complexity index is 1150. The minimum Gasteiger partial charge on any atom is -0.395 e. The lowest BCUT2D eigenvalue weighted by Crippen LogP contribution is -2.37. The van der Waals surface area contributed by atoms with Crippen LogP contribution in [0.25, 0.3) is 0 Å². The summed E-state index contributed by atoms with van der Waals surface area (Å²) < 4.78 is 0. The molecule has 5 N–H and O–H groups in total. The number of dihydropyridines is 1. The molecule has 0 bridgehead atoms. The number of hydrogen-bond acceptors (Lipinski definition) is 7. The third-order valence-electron chi connectivity index (χ3n) is 7.01. The summed E-state index contributed by atoms with van der Waals surface area (Å²) in [5.41, 5.74) is 6.06. The van der Waals surface area contributed by atoms with Crippen LogP contribution in [0.5, 0.6) is 0 Å². The zero-order valence-corrected chi connectivity index (χ0v) is 23.4. The normalized spacial score (nSPS) is 13.7. The Hall–Kier alpha value is -3.33. The van der Waals surface area contributed by atoms with E-state index in [1.54, 1.807) is 0 Å². The molecule has 0 spiro atoms. The second-order valence-electron chi connectivity index (χ2n) is 10.2. The number of aliphatic hydroxyl groups is 1. The van der Waals surface area contributed by atoms with Crippen LogP contribution in [0.4, 0.5) is 0 Å². The number of aliphatic hydroxyl groups excluding tert-OH is 1. The van der Waals surface area contributed by atoms with Gasteiger partial charge in [0.05, 0.1) is 12.3 Å². The predicted octanol–water partition coefficient (Wildman–Crippen LogP) is 3.00. The third-order valence-corrected chi connectivity index (χ3v) is 7.01. The van der Waals surface area contributed by atoms with Crippen molar-refractivity contribution in [2.24, 2.45) is 0 Å². The Morgan fingerprint density at radius 1 is 0.825 bits per heavy atom. The number of nitrogens with one attached hydrogen (secondary N) is 4. The molecule has 0 saturated carbocycles. The van der Waals surface area contributed by atoms with Gasteiger partial charge in [0.1, 0.15) is 0 Å². The summed E-state index contributed by atoms with van der Waals surface area (Å²) in [6.07, 6.45) is 9.03. The Kier molecular flexibility index (Phi) is 12.9. The second-order valence-corrected chi connectivity index (χ2v) is 10.2. The van der Waals surface area contributed by atoms with Crippen molar-refractivity contribution in [3.05, 3.63) is 125 Å². The average Bonchev–Trinajstić information content (AvgIpc) is 3.01. The van der Waals surface area contributed by atoms with Gasteiger partial charge in [-0.25, -0.2) is 0 Å². The van der Waals surface area contributed by atoms with Crippen LogP contribution in [0, 0.1) is 0 Å². The van der Waals surface area contributed by atoms with E-state index in [4.69, 9.17) is 0 Å². The van der Waals surface area contributed by atoms with Gasteiger partial charge in [0.25, 0.3) is 0 Å². The molecule has 0 radical (unpaired) electrons. The zero-order chi connectivity index (χ0) is 27.7. The molecule has 0 saturated heterocycles. The molecule has 0 fully saturated rings. The summed E-state index contributed by atoms with van der Waals surface area (Å²) in [6, 6.07) is 25.2. The number of hydrogen-bond donors (Lipinski definition) is 5. The van der Waals surface area contributed by atoms with Crippen LogP contribution in [0.2, 0.25) is 0 Å². The zero-order valence-electron chi connectivity index (χ0n) is 23.4. The third kappa shape index (κ3) is 11.0. The molecule has 7 heteroatoms. The lowest BCUT2D eigenvalue weighted by molar-refractivity contribution is 0.241. The molecule has 1 aliphatic heterocycles. The molecular formula is C33H44N6O. The number of rotatable bonds is 18. The fraction of sp³-hybridized carbons (Fsp3) is 0.364. The second kappa shape index (κ2) is 17.4. The lowest BCUT2D eigenvalue weighted by atomic mass is 10.1. The average molecular weight is 541 g/mol. The number of benzene rings is 2. The van der Waals surface area contributed by atoms with E-state index < -0.39 is 0 Å². The van der Waals surface area contributed by atoms with E-state index in [-0.39, 0.29) is 12.6 Å². The van der Waals surface area contributed by atoms with E-state index in [1.165, 1.54) is 22.4 Å². The highest BCUT2D eigenvalue weighted by Crippen LogP contribution is 2.09. The number of pyridine rings is 1. The van der Waals surface area contributed by atoms with Crippen molar-refractivity contribution in [1.82, 2.24) is 31.2 Å². The van der Waals surface area contributed by atoms with E-state index in [0.29, 0.717) is 0 Å². The molecule has 3 aromatic rings. The van der Waals surface area contributed by atoms with Gasteiger partial charge >= 0.3 is 0 Å². The molecule has 4 rings (SSSR count). The fourth-order valence-corrected chi connectivity index (χ4v) is 4.69. The summed E-state index contributed by atoms with van der Waals surface area (Å²) >= 11 is 0. The first kappa shape index (κ1) is 29.6. The topological polar surface area (TPSA) is 84.5 Å². The number of allylic oxidation sites excluding steroid dienone is 2. The standard InChI is InChI=1S/C33H44N6O/c40-27-33(22-28-8-2-1-3-9-28)38-23-29-12-14-30(15-13-29)26-39(20-18-34-24-31-10-4-6-16-36-31)21-19-35-25-32-11-5-7-17-37-32/h1-16,33-35,37-38,40H,17-27H2/t33-/m0/s1. The lowest BCUT2D eigenvalue weighted by Gasteiger charge is -2.23. The monoisotopic (exact) mass is 540 g/mol. The van der Waals surface area contributed by atoms with Gasteiger partial charge in [-0.3, -0.25) is 9.88 Å². The molecule has 2 heterocycles. The van der Waals surface area contributed by atoms with Crippen molar-refractivity contribution >= 4 is 0 Å². The molecule has 1 aromatic heterocycles. The maximum Gasteiger partial charge on any atom is 0.0587 e. The van der Waals surface area contributed by atoms with E-state index in [0.717, 1.165) is 71.0 Å². The van der Waals surface area contributed by atoms with Gasteiger partial charge in [-0.05, 0) is 41.3 Å². The van der Waals surface area contributed by atoms with Crippen molar-refractivity contribution < 1.29 is 5.11 Å². The Morgan fingerprint density at radius 3 is 2.27 bits per heavy atom. The van der Waals surface area contributed by atoms with Crippen LogP contribution in [0.3, 0.4) is 0 Å². The summed E-state index contributed by atoms with van der Waals surface area (Å²) in [5, 5.41) is 23.9. The Balaban J connectivity index is 1.24. The first-order valence-corrected chi connectivity index (χ1v) is 14.4. The Labute approximate surface area is 239 Å². The van der Waals surface area contributed by atoms with Gasteiger partial charge in [0.15, 0.2) is 0 Å². The predicted molar refractivity (Wildman–Crippen MR) is 164 cm³/mol. The largest absolute Gasteiger partial charge is 0.395 e. The molecule has 2 aromatic carbocycles. The van der Waals surface area contributed by atoms with Crippen LogP contribution in [-0.2, 0) is 26.1 Å². The molecule has 1 aliphatic rings. The molecule has 40 heavy (non-hydrogen) atoms. The van der Waals surface area contributed by atoms with Crippen LogP contribution >= 0.6 is 0 Å². The molecule has 212 valence electrons. The first-order chi connectivity index (χ1) is 19.8. The summed E-state index contributed by atoms with van der Waals surface area (Å²) in [7, 11) is 0. The van der Waals surface area contributed by atoms with Crippen molar-refractivity contribution in [2.75, 3.05) is 45.9 Å². The minimum absolute atomic E-state index is 0.0410. The minimum atomic E-state index is 0.0410. The van der Waals surface area contributed by atoms with Gasteiger partial charge in [0, 0.05) is 76.8 Å². The SMILES string of the molecule is OC[C@H](Cc1ccccc1)NCc1ccc(CN(CCNCC2=CC=CCN2)CCNCc2ccccn2)cc1. The summed E-state index contributed by atoms with van der Waals surface area (Å²) in [6.45, 7) is 8.05. The molecule has 1 atom stereocenters. The van der Waals surface area contributed by atoms with E-state index in [9.17, 15) is 5.11 Å². The van der Waals surface area contributed by atoms with Crippen molar-refractivity contribution in [3.8, 4) is 0 Å². The first-order valence-electron chi connectivity index (χ1n) is 14.4. The molecule has 0 aliphatic carbocycles. The number of aromatic nitrogens is 1. The maximum atomic E-state index is 9.83. The van der Waals surface area contributed by atoms with E-state index >= 15 is 0 Å². The van der Waals surface area contributed by atoms with E-state index in [2.05, 4.69) is 91.8 Å². The molecule has 0 unspecified atom stereocenters. The highest BCUT2D eigenvalue weighted by atomic mass is 16.3. The molecule has 0 amide bonds. The number of nitrogens with zero attached hydrogens (tertiary/aromatic N) is 2. The van der Waals surface area contributed by atoms with Gasteiger partial charge in [-0.2, -0.15) is 0 Å². The smallest absolute Gasteiger partial charge is 0.0587 e. The fourth-order valence-electron chi connectivity index (χ4n) is 4.69. The van der Waals surface area contributed by atoms with Gasteiger partial charge in [0.2, 0.25) is 0 Å². The molecule has 7 nitrogen and oxygen atoms in total. The summed E-state index contributed by atoms with van der Waals surface area (Å²) in [4.78, 5) is 6.90. The Morgan fingerprint density at radius 2 is 1.57 bits per heavy atom. The van der Waals surface area contributed by atoms with Crippen LogP contribution in [-0.4, -0.2) is 66.9 Å². The van der Waals surface area contributed by atoms with Crippen LogP contribution in [0.15, 0.2) is 103 Å². The summed E-state index contributed by atoms with van der Waals surface area (Å²) in [5.74, 6) is 0. The van der Waals surface area contributed by atoms with Crippen molar-refractivity contribution in [3.63, 3.8) is 0 Å². The highest BCUT2D eigenvalue weighted by Gasteiger charge is 2.10. The highest BCUT2D eigenvalue weighted by molar-refractivity contribution is 5.23. The van der Waals surface area contributed by atoms with E-state index in [1.807, 2.05) is 36.5 Å². The van der Waals surface area contributed by atoms with Crippen molar-refractivity contribution in [1.29, 1.82) is 0 Å². The molecular weight excluding hydrogens is 496 g/mol. The van der Waals surface area contributed by atoms with Crippen LogP contribution in [0.1, 0.15) is 22.4 Å². The van der Waals surface area contributed by atoms with Gasteiger partial charge < -0.3 is 26.4 Å². The van der Waals surface area contributed by atoms with Gasteiger partial charge in [-0.1, -0.05) is 72.8 Å². The van der Waals surface area contributed by atoms with Gasteiger partial charge in [-0.15, -0.1) is 0 Å². The quantitative estimate of drug-likeness (QED) is 0.159. The maximum absolute atomic E-state index is 9.83. The van der Waals surface area contributed by atoms with Crippen LogP contribution < -0.4 is 21.3 Å². The van der Waals surface area contributed by atoms with Crippen molar-refractivity contribution in [2.45, 2.75) is 32.1 Å².